The van der Waals surface area contributed by atoms with E-state index in [0.717, 1.165) is 43.7 Å². The van der Waals surface area contributed by atoms with Crippen LogP contribution in [0.2, 0.25) is 0 Å². The second-order valence-corrected chi connectivity index (χ2v) is 8.47. The van der Waals surface area contributed by atoms with E-state index in [4.69, 9.17) is 14.2 Å². The highest BCUT2D eigenvalue weighted by Crippen LogP contribution is 2.40. The molecule has 168 valence electrons. The quantitative estimate of drug-likeness (QED) is 0.564. The number of likely N-dealkylation sites (N-methyl/N-ethyl adjacent to an activating group) is 1. The highest BCUT2D eigenvalue weighted by molar-refractivity contribution is 5.47. The second-order valence-electron chi connectivity index (χ2n) is 8.47. The molecule has 0 fully saturated rings. The highest BCUT2D eigenvalue weighted by atomic mass is 16.5. The Balaban J connectivity index is 2.02. The Hall–Kier alpha value is -2.71. The molecule has 2 atom stereocenters. The molecule has 0 heterocycles. The summed E-state index contributed by atoms with van der Waals surface area (Å²) in [5.74, 6) is 2.44. The van der Waals surface area contributed by atoms with E-state index < -0.39 is 5.41 Å². The maximum absolute atomic E-state index is 10.2. The van der Waals surface area contributed by atoms with Crippen LogP contribution >= 0.6 is 0 Å². The molecule has 31 heavy (non-hydrogen) atoms. The summed E-state index contributed by atoms with van der Waals surface area (Å²) >= 11 is 0. The molecule has 1 unspecified atom stereocenters. The number of quaternary nitrogens is 1. The van der Waals surface area contributed by atoms with Gasteiger partial charge in [0.2, 0.25) is 0 Å². The number of rotatable bonds is 12. The van der Waals surface area contributed by atoms with E-state index in [1.807, 2.05) is 30.3 Å². The molecule has 5 heteroatoms. The molecule has 0 bridgehead atoms. The lowest BCUT2D eigenvalue weighted by molar-refractivity contribution is -0.879. The van der Waals surface area contributed by atoms with Crippen molar-refractivity contribution in [3.05, 3.63) is 53.6 Å². The molecular formula is C26H37N2O3+. The van der Waals surface area contributed by atoms with Gasteiger partial charge in [-0.1, -0.05) is 32.0 Å². The molecule has 0 saturated heterocycles. The van der Waals surface area contributed by atoms with Crippen molar-refractivity contribution in [3.63, 3.8) is 0 Å². The summed E-state index contributed by atoms with van der Waals surface area (Å²) < 4.78 is 16.2. The van der Waals surface area contributed by atoms with Crippen LogP contribution in [0.4, 0.5) is 0 Å². The van der Waals surface area contributed by atoms with Crippen molar-refractivity contribution >= 4 is 0 Å². The monoisotopic (exact) mass is 425 g/mol. The largest absolute Gasteiger partial charge is 0.497 e. The number of benzene rings is 2. The van der Waals surface area contributed by atoms with Gasteiger partial charge in [-0.25, -0.2) is 0 Å². The number of nitrogens with zero attached hydrogens (tertiary/aromatic N) is 1. The fourth-order valence-corrected chi connectivity index (χ4v) is 4.11. The summed E-state index contributed by atoms with van der Waals surface area (Å²) in [4.78, 5) is 1.46. The van der Waals surface area contributed by atoms with Crippen molar-refractivity contribution in [1.82, 2.24) is 0 Å². The van der Waals surface area contributed by atoms with Crippen LogP contribution in [0.3, 0.4) is 0 Å². The van der Waals surface area contributed by atoms with Crippen molar-refractivity contribution in [3.8, 4) is 23.3 Å². The van der Waals surface area contributed by atoms with Gasteiger partial charge in [0.15, 0.2) is 11.5 Å². The lowest BCUT2D eigenvalue weighted by Crippen LogP contribution is -3.09. The zero-order chi connectivity index (χ0) is 22.9. The van der Waals surface area contributed by atoms with Crippen LogP contribution in [0, 0.1) is 17.2 Å². The Kier molecular flexibility index (Phi) is 9.21. The average Bonchev–Trinajstić information content (AvgIpc) is 2.80. The second kappa shape index (κ2) is 11.6. The van der Waals surface area contributed by atoms with Crippen LogP contribution < -0.4 is 19.1 Å². The maximum Gasteiger partial charge on any atom is 0.161 e. The Morgan fingerprint density at radius 3 is 2.32 bits per heavy atom. The first kappa shape index (κ1) is 24.6. The van der Waals surface area contributed by atoms with Gasteiger partial charge in [0.25, 0.3) is 0 Å². The van der Waals surface area contributed by atoms with Crippen LogP contribution in [-0.2, 0) is 11.8 Å². The minimum absolute atomic E-state index is 0.188. The summed E-state index contributed by atoms with van der Waals surface area (Å²) in [6.45, 7) is 6.32. The van der Waals surface area contributed by atoms with E-state index in [1.165, 1.54) is 10.5 Å². The van der Waals surface area contributed by atoms with Crippen molar-refractivity contribution in [2.75, 3.05) is 41.5 Å². The summed E-state index contributed by atoms with van der Waals surface area (Å²) in [6.07, 6.45) is 2.80. The minimum atomic E-state index is -0.549. The maximum atomic E-state index is 10.2. The first-order valence-corrected chi connectivity index (χ1v) is 11.0. The van der Waals surface area contributed by atoms with Crippen molar-refractivity contribution in [1.29, 1.82) is 5.26 Å². The summed E-state index contributed by atoms with van der Waals surface area (Å²) in [5.41, 5.74) is 1.74. The predicted molar refractivity (Wildman–Crippen MR) is 124 cm³/mol. The molecule has 0 amide bonds. The predicted octanol–water partition coefficient (Wildman–Crippen LogP) is 3.67. The molecule has 0 spiro atoms. The van der Waals surface area contributed by atoms with Crippen LogP contribution in [0.25, 0.3) is 0 Å². The number of methoxy groups -OCH3 is 3. The molecular weight excluding hydrogens is 388 g/mol. The summed E-state index contributed by atoms with van der Waals surface area (Å²) in [7, 11) is 7.18. The van der Waals surface area contributed by atoms with Crippen molar-refractivity contribution in [2.45, 2.75) is 38.5 Å². The lowest BCUT2D eigenvalue weighted by atomic mass is 9.69. The Labute approximate surface area is 187 Å². The SMILES string of the molecule is COc1cccc(CC[NH+](C)CCC[C@](C#N)(c2ccc(OC)c(OC)c2)C(C)C)c1. The van der Waals surface area contributed by atoms with E-state index >= 15 is 0 Å². The van der Waals surface area contributed by atoms with E-state index in [2.05, 4.69) is 39.1 Å². The van der Waals surface area contributed by atoms with Crippen LogP contribution in [-0.4, -0.2) is 41.5 Å². The minimum Gasteiger partial charge on any atom is -0.497 e. The molecule has 2 rings (SSSR count). The Bertz CT molecular complexity index is 875. The molecule has 0 aliphatic rings. The van der Waals surface area contributed by atoms with Gasteiger partial charge < -0.3 is 19.1 Å². The Morgan fingerprint density at radius 1 is 0.968 bits per heavy atom. The summed E-state index contributed by atoms with van der Waals surface area (Å²) in [6, 6.07) is 16.8. The molecule has 0 radical (unpaired) electrons. The van der Waals surface area contributed by atoms with Crippen molar-refractivity contribution in [2.24, 2.45) is 5.92 Å². The third-order valence-electron chi connectivity index (χ3n) is 6.23. The standard InChI is InChI=1S/C26H36N2O3/c1-20(2)26(19-27,22-11-12-24(30-5)25(18-22)31-6)14-8-15-28(3)16-13-21-9-7-10-23(17-21)29-4/h7,9-12,17-18,20H,8,13-16H2,1-6H3/p+1/t26-/m1/s1. The highest BCUT2D eigenvalue weighted by Gasteiger charge is 2.36. The topological polar surface area (TPSA) is 55.9 Å². The fraction of sp³-hybridized carbons (Fsp3) is 0.500. The van der Waals surface area contributed by atoms with E-state index in [0.29, 0.717) is 11.5 Å². The van der Waals surface area contributed by atoms with Gasteiger partial charge in [-0.15, -0.1) is 0 Å². The molecule has 2 aromatic rings. The molecule has 2 aromatic carbocycles. The van der Waals surface area contributed by atoms with E-state index in [1.54, 1.807) is 21.3 Å². The smallest absolute Gasteiger partial charge is 0.161 e. The zero-order valence-electron chi connectivity index (χ0n) is 19.8. The van der Waals surface area contributed by atoms with Gasteiger partial charge in [0, 0.05) is 6.42 Å². The third kappa shape index (κ3) is 6.15. The number of nitrogens with one attached hydrogen (secondary N) is 1. The van der Waals surface area contributed by atoms with E-state index in [9.17, 15) is 5.26 Å². The fourth-order valence-electron chi connectivity index (χ4n) is 4.11. The van der Waals surface area contributed by atoms with Crippen LogP contribution in [0.15, 0.2) is 42.5 Å². The first-order valence-electron chi connectivity index (χ1n) is 11.0. The molecule has 0 saturated carbocycles. The van der Waals surface area contributed by atoms with Gasteiger partial charge >= 0.3 is 0 Å². The molecule has 5 nitrogen and oxygen atoms in total. The average molecular weight is 426 g/mol. The van der Waals surface area contributed by atoms with Crippen molar-refractivity contribution < 1.29 is 19.1 Å². The van der Waals surface area contributed by atoms with Gasteiger partial charge in [-0.3, -0.25) is 0 Å². The lowest BCUT2D eigenvalue weighted by Gasteiger charge is -2.32. The summed E-state index contributed by atoms with van der Waals surface area (Å²) in [5, 5.41) is 10.2. The number of hydrogen-bond acceptors (Lipinski definition) is 4. The normalized spacial score (nSPS) is 13.9. The third-order valence-corrected chi connectivity index (χ3v) is 6.23. The Morgan fingerprint density at radius 2 is 1.71 bits per heavy atom. The van der Waals surface area contributed by atoms with Gasteiger partial charge in [0.1, 0.15) is 5.75 Å². The number of ether oxygens (including phenoxy) is 3. The molecule has 1 N–H and O–H groups in total. The zero-order valence-corrected chi connectivity index (χ0v) is 19.8. The van der Waals surface area contributed by atoms with Crippen LogP contribution in [0.1, 0.15) is 37.8 Å². The van der Waals surface area contributed by atoms with Gasteiger partial charge in [-0.2, -0.15) is 5.26 Å². The van der Waals surface area contributed by atoms with Crippen LogP contribution in [0.5, 0.6) is 17.2 Å². The van der Waals surface area contributed by atoms with Gasteiger partial charge in [-0.05, 0) is 54.2 Å². The molecule has 0 aliphatic heterocycles. The number of hydrogen-bond donors (Lipinski definition) is 1. The first-order chi connectivity index (χ1) is 14.9. The van der Waals surface area contributed by atoms with E-state index in [-0.39, 0.29) is 5.92 Å². The molecule has 0 aromatic heterocycles. The van der Waals surface area contributed by atoms with Gasteiger partial charge in [0.05, 0.1) is 53.0 Å². The number of nitriles is 1. The molecule has 0 aliphatic carbocycles.